The van der Waals surface area contributed by atoms with Gasteiger partial charge in [0, 0.05) is 24.4 Å². The first-order valence-corrected chi connectivity index (χ1v) is 15.0. The molecule has 1 aliphatic heterocycles. The number of tetrazole rings is 1. The van der Waals surface area contributed by atoms with Crippen molar-refractivity contribution in [1.82, 2.24) is 25.5 Å². The van der Waals surface area contributed by atoms with E-state index in [4.69, 9.17) is 23.7 Å². The van der Waals surface area contributed by atoms with Crippen LogP contribution in [0.1, 0.15) is 35.4 Å². The molecule has 1 saturated heterocycles. The maximum absolute atomic E-state index is 6.34. The molecule has 4 aromatic rings. The number of methoxy groups -OCH3 is 1. The molecule has 5 rings (SSSR count). The maximum Gasteiger partial charge on any atom is 0.162 e. The van der Waals surface area contributed by atoms with E-state index in [0.717, 1.165) is 60.7 Å². The van der Waals surface area contributed by atoms with E-state index in [9.17, 15) is 0 Å². The molecule has 0 amide bonds. The molecule has 1 fully saturated rings. The number of benzene rings is 3. The molecule has 2 heterocycles. The van der Waals surface area contributed by atoms with Gasteiger partial charge in [-0.05, 0) is 60.0 Å². The Morgan fingerprint density at radius 2 is 1.67 bits per heavy atom. The fourth-order valence-corrected chi connectivity index (χ4v) is 5.27. The first kappa shape index (κ1) is 30.5. The van der Waals surface area contributed by atoms with Crippen LogP contribution < -0.4 is 19.5 Å². The summed E-state index contributed by atoms with van der Waals surface area (Å²) < 4.78 is 29.6. The Hall–Kier alpha value is -3.99. The Kier molecular flexibility index (Phi) is 11.8. The lowest BCUT2D eigenvalue weighted by molar-refractivity contribution is 0.00720. The summed E-state index contributed by atoms with van der Waals surface area (Å²) in [6.07, 6.45) is 4.12. The van der Waals surface area contributed by atoms with Crippen molar-refractivity contribution in [3.8, 4) is 17.2 Å². The minimum absolute atomic E-state index is 0.0816. The second-order valence-corrected chi connectivity index (χ2v) is 10.4. The van der Waals surface area contributed by atoms with Gasteiger partial charge in [-0.2, -0.15) is 4.80 Å². The van der Waals surface area contributed by atoms with E-state index in [1.165, 1.54) is 11.9 Å². The first-order chi connectivity index (χ1) is 21.3. The third-order valence-electron chi connectivity index (χ3n) is 7.50. The zero-order valence-electron chi connectivity index (χ0n) is 24.8. The van der Waals surface area contributed by atoms with Crippen molar-refractivity contribution in [3.05, 3.63) is 95.8 Å². The number of nitrogens with one attached hydrogen (secondary N) is 1. The van der Waals surface area contributed by atoms with Crippen LogP contribution in [0.25, 0.3) is 0 Å². The third kappa shape index (κ3) is 9.25. The molecular formula is C33H41N5O5. The van der Waals surface area contributed by atoms with Gasteiger partial charge in [0.25, 0.3) is 0 Å². The van der Waals surface area contributed by atoms with Gasteiger partial charge in [-0.25, -0.2) is 0 Å². The number of hydrogen-bond acceptors (Lipinski definition) is 9. The van der Waals surface area contributed by atoms with Crippen LogP contribution in [-0.4, -0.2) is 72.9 Å². The number of ether oxygens (including phenoxy) is 5. The molecule has 0 aliphatic carbocycles. The van der Waals surface area contributed by atoms with Gasteiger partial charge < -0.3 is 29.0 Å². The van der Waals surface area contributed by atoms with E-state index in [2.05, 4.69) is 51.1 Å². The fourth-order valence-electron chi connectivity index (χ4n) is 5.27. The first-order valence-electron chi connectivity index (χ1n) is 15.0. The number of piperidine rings is 1. The molecule has 0 bridgehead atoms. The Balaban J connectivity index is 1.02. The number of aromatic nitrogens is 4. The summed E-state index contributed by atoms with van der Waals surface area (Å²) in [5.74, 6) is 2.90. The van der Waals surface area contributed by atoms with E-state index in [-0.39, 0.29) is 6.10 Å². The highest BCUT2D eigenvalue weighted by Crippen LogP contribution is 2.29. The van der Waals surface area contributed by atoms with Gasteiger partial charge in [0.15, 0.2) is 6.33 Å². The number of para-hydroxylation sites is 2. The largest absolute Gasteiger partial charge is 0.496 e. The van der Waals surface area contributed by atoms with Gasteiger partial charge in [0.05, 0.1) is 46.2 Å². The molecule has 0 spiro atoms. The summed E-state index contributed by atoms with van der Waals surface area (Å²) >= 11 is 0. The molecule has 10 heteroatoms. The molecular weight excluding hydrogens is 546 g/mol. The summed E-state index contributed by atoms with van der Waals surface area (Å²) in [7, 11) is 1.68. The fraction of sp³-hybridized carbons (Fsp3) is 0.424. The molecule has 2 atom stereocenters. The van der Waals surface area contributed by atoms with Crippen molar-refractivity contribution >= 4 is 0 Å². The topological polar surface area (TPSA) is 102 Å². The van der Waals surface area contributed by atoms with Crippen LogP contribution >= 0.6 is 0 Å². The van der Waals surface area contributed by atoms with Crippen molar-refractivity contribution in [1.29, 1.82) is 0 Å². The molecule has 228 valence electrons. The second kappa shape index (κ2) is 16.6. The predicted octanol–water partition coefficient (Wildman–Crippen LogP) is 4.45. The molecule has 1 aliphatic rings. The molecule has 3 aromatic carbocycles. The summed E-state index contributed by atoms with van der Waals surface area (Å²) in [4.78, 5) is 1.58. The molecule has 1 N–H and O–H groups in total. The highest BCUT2D eigenvalue weighted by molar-refractivity contribution is 5.34. The number of rotatable bonds is 17. The number of nitrogens with zero attached hydrogens (tertiary/aromatic N) is 4. The van der Waals surface area contributed by atoms with Crippen molar-refractivity contribution in [2.45, 2.75) is 44.4 Å². The number of hydrogen-bond donors (Lipinski definition) is 1. The average molecular weight is 588 g/mol. The number of aryl methyl sites for hydroxylation is 2. The van der Waals surface area contributed by atoms with Gasteiger partial charge in [0.1, 0.15) is 23.9 Å². The summed E-state index contributed by atoms with van der Waals surface area (Å²) in [6, 6.07) is 24.4. The van der Waals surface area contributed by atoms with Crippen LogP contribution in [0.2, 0.25) is 0 Å². The van der Waals surface area contributed by atoms with Gasteiger partial charge >= 0.3 is 0 Å². The van der Waals surface area contributed by atoms with E-state index < -0.39 is 0 Å². The van der Waals surface area contributed by atoms with Crippen LogP contribution in [0, 0.1) is 0 Å². The highest BCUT2D eigenvalue weighted by Gasteiger charge is 2.27. The SMILES string of the molecule is COc1ccccc1COCCCOc1ccc([C@H]2CCNC[C@@H]2OCCOc2ccccc2CCn2ncnn2)cc1. The molecule has 10 nitrogen and oxygen atoms in total. The van der Waals surface area contributed by atoms with Gasteiger partial charge in [-0.3, -0.25) is 0 Å². The smallest absolute Gasteiger partial charge is 0.162 e. The molecule has 1 aromatic heterocycles. The summed E-state index contributed by atoms with van der Waals surface area (Å²) in [5, 5.41) is 15.2. The highest BCUT2D eigenvalue weighted by atomic mass is 16.5. The van der Waals surface area contributed by atoms with E-state index in [1.807, 2.05) is 42.5 Å². The van der Waals surface area contributed by atoms with Gasteiger partial charge in [-0.15, -0.1) is 10.2 Å². The van der Waals surface area contributed by atoms with Crippen molar-refractivity contribution < 1.29 is 23.7 Å². The zero-order chi connectivity index (χ0) is 29.5. The summed E-state index contributed by atoms with van der Waals surface area (Å²) in [6.45, 7) is 5.20. The Bertz CT molecular complexity index is 1350. The molecule has 0 unspecified atom stereocenters. The van der Waals surface area contributed by atoms with E-state index >= 15 is 0 Å². The monoisotopic (exact) mass is 587 g/mol. The normalized spacial score (nSPS) is 16.6. The second-order valence-electron chi connectivity index (χ2n) is 10.4. The average Bonchev–Trinajstić information content (AvgIpc) is 3.59. The lowest BCUT2D eigenvalue weighted by atomic mass is 9.88. The zero-order valence-corrected chi connectivity index (χ0v) is 24.8. The third-order valence-corrected chi connectivity index (χ3v) is 7.50. The maximum atomic E-state index is 6.34. The minimum atomic E-state index is 0.0816. The van der Waals surface area contributed by atoms with Crippen LogP contribution in [0.4, 0.5) is 0 Å². The lowest BCUT2D eigenvalue weighted by Gasteiger charge is -2.32. The van der Waals surface area contributed by atoms with Crippen LogP contribution in [0.5, 0.6) is 17.2 Å². The predicted molar refractivity (Wildman–Crippen MR) is 163 cm³/mol. The molecule has 0 radical (unpaired) electrons. The van der Waals surface area contributed by atoms with Crippen LogP contribution in [0.3, 0.4) is 0 Å². The van der Waals surface area contributed by atoms with Gasteiger partial charge in [-0.1, -0.05) is 48.5 Å². The van der Waals surface area contributed by atoms with Crippen molar-refractivity contribution in [3.63, 3.8) is 0 Å². The Labute approximate surface area is 253 Å². The van der Waals surface area contributed by atoms with Crippen molar-refractivity contribution in [2.75, 3.05) is 46.6 Å². The van der Waals surface area contributed by atoms with Crippen LogP contribution in [0.15, 0.2) is 79.1 Å². The summed E-state index contributed by atoms with van der Waals surface area (Å²) in [5.41, 5.74) is 3.43. The minimum Gasteiger partial charge on any atom is -0.496 e. The van der Waals surface area contributed by atoms with Crippen LogP contribution in [-0.2, 0) is 29.0 Å². The Morgan fingerprint density at radius 1 is 0.860 bits per heavy atom. The Morgan fingerprint density at radius 3 is 2.49 bits per heavy atom. The van der Waals surface area contributed by atoms with E-state index in [0.29, 0.717) is 45.5 Å². The van der Waals surface area contributed by atoms with Crippen molar-refractivity contribution in [2.24, 2.45) is 0 Å². The standard InChI is InChI=1S/C33H41N5O5/c1-39-31-9-4-3-8-28(31)24-40-19-6-20-41-29-13-11-26(12-14-29)30-15-17-34-23-33(30)43-22-21-42-32-10-5-2-7-27(32)16-18-38-36-25-35-37-38/h2-5,7-14,25,30,33-34H,6,15-24H2,1H3/t30-,33+/m1/s1. The van der Waals surface area contributed by atoms with Gasteiger partial charge in [0.2, 0.25) is 0 Å². The molecule has 0 saturated carbocycles. The van der Waals surface area contributed by atoms with E-state index in [1.54, 1.807) is 11.9 Å². The quantitative estimate of drug-likeness (QED) is 0.180. The molecule has 43 heavy (non-hydrogen) atoms. The lowest BCUT2D eigenvalue weighted by Crippen LogP contribution is -2.41.